The number of anilines is 1. The van der Waals surface area contributed by atoms with E-state index in [0.717, 1.165) is 16.7 Å². The van der Waals surface area contributed by atoms with Gasteiger partial charge in [-0.15, -0.1) is 0 Å². The molecule has 0 fully saturated rings. The lowest BCUT2D eigenvalue weighted by Crippen LogP contribution is -1.96. The monoisotopic (exact) mass is 231 g/mol. The van der Waals surface area contributed by atoms with Crippen LogP contribution < -0.4 is 10.5 Å². The number of aryl methyl sites for hydroxylation is 1. The summed E-state index contributed by atoms with van der Waals surface area (Å²) in [4.78, 5) is 0. The molecule has 0 atom stereocenters. The van der Waals surface area contributed by atoms with Crippen molar-refractivity contribution in [1.82, 2.24) is 0 Å². The predicted octanol–water partition coefficient (Wildman–Crippen LogP) is 3.39. The van der Waals surface area contributed by atoms with E-state index >= 15 is 0 Å². The summed E-state index contributed by atoms with van der Waals surface area (Å²) in [5, 5.41) is 0. The molecular weight excluding hydrogens is 217 g/mol. The summed E-state index contributed by atoms with van der Waals surface area (Å²) in [7, 11) is 1.48. The van der Waals surface area contributed by atoms with E-state index < -0.39 is 5.82 Å². The normalized spacial score (nSPS) is 10.3. The van der Waals surface area contributed by atoms with Gasteiger partial charge in [-0.3, -0.25) is 0 Å². The standard InChI is InChI=1S/C14H14FNO/c1-9-3-5-10(6-4-9)11-7-12(15)14(16)13(8-11)17-2/h3-8H,16H2,1-2H3. The third kappa shape index (κ3) is 2.23. The highest BCUT2D eigenvalue weighted by molar-refractivity contribution is 5.70. The fourth-order valence-corrected chi connectivity index (χ4v) is 1.67. The molecule has 0 aromatic heterocycles. The molecule has 0 saturated carbocycles. The highest BCUT2D eigenvalue weighted by Gasteiger charge is 2.09. The Hall–Kier alpha value is -2.03. The SMILES string of the molecule is COc1cc(-c2ccc(C)cc2)cc(F)c1N. The first-order valence-corrected chi connectivity index (χ1v) is 5.32. The molecule has 0 aliphatic carbocycles. The zero-order valence-corrected chi connectivity index (χ0v) is 9.83. The van der Waals surface area contributed by atoms with Gasteiger partial charge >= 0.3 is 0 Å². The van der Waals surface area contributed by atoms with E-state index in [0.29, 0.717) is 5.75 Å². The van der Waals surface area contributed by atoms with Crippen molar-refractivity contribution in [1.29, 1.82) is 0 Å². The summed E-state index contributed by atoms with van der Waals surface area (Å²) in [6.07, 6.45) is 0. The van der Waals surface area contributed by atoms with Gasteiger partial charge in [0.1, 0.15) is 11.4 Å². The summed E-state index contributed by atoms with van der Waals surface area (Å²) in [5.41, 5.74) is 8.47. The van der Waals surface area contributed by atoms with Gasteiger partial charge in [-0.2, -0.15) is 0 Å². The fraction of sp³-hybridized carbons (Fsp3) is 0.143. The summed E-state index contributed by atoms with van der Waals surface area (Å²) < 4.78 is 18.6. The zero-order chi connectivity index (χ0) is 12.4. The van der Waals surface area contributed by atoms with Crippen LogP contribution in [0.1, 0.15) is 5.56 Å². The van der Waals surface area contributed by atoms with Crippen LogP contribution >= 0.6 is 0 Å². The Morgan fingerprint density at radius 1 is 1.06 bits per heavy atom. The summed E-state index contributed by atoms with van der Waals surface area (Å²) in [5.74, 6) is -0.0968. The van der Waals surface area contributed by atoms with Gasteiger partial charge in [0.05, 0.1) is 7.11 Å². The second-order valence-electron chi connectivity index (χ2n) is 3.94. The first-order valence-electron chi connectivity index (χ1n) is 5.32. The van der Waals surface area contributed by atoms with Crippen molar-refractivity contribution in [3.05, 3.63) is 47.8 Å². The van der Waals surface area contributed by atoms with E-state index in [1.165, 1.54) is 13.2 Å². The Balaban J connectivity index is 2.52. The van der Waals surface area contributed by atoms with Crippen molar-refractivity contribution in [3.63, 3.8) is 0 Å². The van der Waals surface area contributed by atoms with Crippen molar-refractivity contribution in [2.24, 2.45) is 0 Å². The van der Waals surface area contributed by atoms with Crippen molar-refractivity contribution >= 4 is 5.69 Å². The minimum atomic E-state index is -0.458. The fourth-order valence-electron chi connectivity index (χ4n) is 1.67. The third-order valence-corrected chi connectivity index (χ3v) is 2.70. The van der Waals surface area contributed by atoms with E-state index in [1.807, 2.05) is 31.2 Å². The van der Waals surface area contributed by atoms with Crippen LogP contribution in [-0.2, 0) is 0 Å². The van der Waals surface area contributed by atoms with Gasteiger partial charge in [-0.05, 0) is 30.2 Å². The molecule has 0 bridgehead atoms. The van der Waals surface area contributed by atoms with E-state index in [-0.39, 0.29) is 5.69 Å². The summed E-state index contributed by atoms with van der Waals surface area (Å²) in [6.45, 7) is 2.01. The lowest BCUT2D eigenvalue weighted by Gasteiger charge is -2.09. The molecule has 2 N–H and O–H groups in total. The van der Waals surface area contributed by atoms with Gasteiger partial charge in [0.25, 0.3) is 0 Å². The van der Waals surface area contributed by atoms with Gasteiger partial charge in [-0.1, -0.05) is 29.8 Å². The Bertz CT molecular complexity index is 535. The van der Waals surface area contributed by atoms with Crippen LogP contribution in [0.4, 0.5) is 10.1 Å². The van der Waals surface area contributed by atoms with Crippen LogP contribution in [0, 0.1) is 12.7 Å². The molecule has 0 aliphatic heterocycles. The van der Waals surface area contributed by atoms with Gasteiger partial charge < -0.3 is 10.5 Å². The number of methoxy groups -OCH3 is 1. The van der Waals surface area contributed by atoms with Gasteiger partial charge in [-0.25, -0.2) is 4.39 Å². The largest absolute Gasteiger partial charge is 0.494 e. The third-order valence-electron chi connectivity index (χ3n) is 2.70. The van der Waals surface area contributed by atoms with Crippen LogP contribution in [0.2, 0.25) is 0 Å². The molecule has 17 heavy (non-hydrogen) atoms. The number of hydrogen-bond acceptors (Lipinski definition) is 2. The van der Waals surface area contributed by atoms with Crippen molar-refractivity contribution in [2.45, 2.75) is 6.92 Å². The van der Waals surface area contributed by atoms with Crippen molar-refractivity contribution in [2.75, 3.05) is 12.8 Å². The molecule has 2 aromatic rings. The molecule has 88 valence electrons. The number of rotatable bonds is 2. The minimum Gasteiger partial charge on any atom is -0.494 e. The highest BCUT2D eigenvalue weighted by Crippen LogP contribution is 2.31. The summed E-state index contributed by atoms with van der Waals surface area (Å²) >= 11 is 0. The lowest BCUT2D eigenvalue weighted by molar-refractivity contribution is 0.414. The average Bonchev–Trinajstić information content (AvgIpc) is 2.33. The zero-order valence-electron chi connectivity index (χ0n) is 9.83. The van der Waals surface area contributed by atoms with Crippen LogP contribution in [0.15, 0.2) is 36.4 Å². The van der Waals surface area contributed by atoms with Gasteiger partial charge in [0, 0.05) is 0 Å². The first kappa shape index (κ1) is 11.5. The van der Waals surface area contributed by atoms with E-state index in [4.69, 9.17) is 10.5 Å². The highest BCUT2D eigenvalue weighted by atomic mass is 19.1. The molecule has 0 unspecified atom stereocenters. The Morgan fingerprint density at radius 3 is 2.29 bits per heavy atom. The minimum absolute atomic E-state index is 0.0448. The maximum atomic E-state index is 13.6. The smallest absolute Gasteiger partial charge is 0.150 e. The lowest BCUT2D eigenvalue weighted by atomic mass is 10.0. The predicted molar refractivity (Wildman–Crippen MR) is 67.5 cm³/mol. The molecule has 0 amide bonds. The Labute approximate surface area is 99.8 Å². The molecule has 0 radical (unpaired) electrons. The number of hydrogen-bond donors (Lipinski definition) is 1. The maximum Gasteiger partial charge on any atom is 0.150 e. The van der Waals surface area contributed by atoms with Crippen LogP contribution in [-0.4, -0.2) is 7.11 Å². The average molecular weight is 231 g/mol. The molecule has 2 aromatic carbocycles. The molecule has 0 heterocycles. The van der Waals surface area contributed by atoms with Gasteiger partial charge in [0.2, 0.25) is 0 Å². The Morgan fingerprint density at radius 2 is 1.71 bits per heavy atom. The molecule has 0 aliphatic rings. The van der Waals surface area contributed by atoms with E-state index in [9.17, 15) is 4.39 Å². The van der Waals surface area contributed by atoms with Crippen LogP contribution in [0.25, 0.3) is 11.1 Å². The number of benzene rings is 2. The molecule has 2 nitrogen and oxygen atoms in total. The number of nitrogen functional groups attached to an aromatic ring is 1. The molecule has 2 rings (SSSR count). The maximum absolute atomic E-state index is 13.6. The quantitative estimate of drug-likeness (QED) is 0.804. The second kappa shape index (κ2) is 4.45. The second-order valence-corrected chi connectivity index (χ2v) is 3.94. The number of halogens is 1. The Kier molecular flexibility index (Phi) is 3.00. The molecule has 0 spiro atoms. The number of nitrogens with two attached hydrogens (primary N) is 1. The molecular formula is C14H14FNO. The molecule has 0 saturated heterocycles. The van der Waals surface area contributed by atoms with Crippen molar-refractivity contribution in [3.8, 4) is 16.9 Å². The van der Waals surface area contributed by atoms with E-state index in [2.05, 4.69) is 0 Å². The van der Waals surface area contributed by atoms with E-state index in [1.54, 1.807) is 6.07 Å². The number of ether oxygens (including phenoxy) is 1. The first-order chi connectivity index (χ1) is 8.11. The van der Waals surface area contributed by atoms with Crippen molar-refractivity contribution < 1.29 is 9.13 Å². The topological polar surface area (TPSA) is 35.2 Å². The van der Waals surface area contributed by atoms with Gasteiger partial charge in [0.15, 0.2) is 5.82 Å². The van der Waals surface area contributed by atoms with Crippen LogP contribution in [0.3, 0.4) is 0 Å². The molecule has 3 heteroatoms. The summed E-state index contributed by atoms with van der Waals surface area (Å²) in [6, 6.07) is 11.0. The van der Waals surface area contributed by atoms with Crippen LogP contribution in [0.5, 0.6) is 5.75 Å².